The van der Waals surface area contributed by atoms with Crippen LogP contribution in [-0.4, -0.2) is 61.2 Å². The van der Waals surface area contributed by atoms with Crippen LogP contribution in [0.4, 0.5) is 4.39 Å². The van der Waals surface area contributed by atoms with Crippen molar-refractivity contribution in [3.8, 4) is 0 Å². The van der Waals surface area contributed by atoms with Crippen LogP contribution in [0.5, 0.6) is 0 Å². The van der Waals surface area contributed by atoms with Gasteiger partial charge in [-0.25, -0.2) is 4.39 Å². The second kappa shape index (κ2) is 7.13. The molecule has 1 saturated heterocycles. The lowest BCUT2D eigenvalue weighted by Crippen LogP contribution is -2.40. The van der Waals surface area contributed by atoms with Crippen molar-refractivity contribution in [2.24, 2.45) is 0 Å². The first-order valence-corrected chi connectivity index (χ1v) is 7.75. The van der Waals surface area contributed by atoms with E-state index in [1.54, 1.807) is 18.3 Å². The van der Waals surface area contributed by atoms with E-state index < -0.39 is 0 Å². The van der Waals surface area contributed by atoms with Crippen molar-refractivity contribution in [3.05, 3.63) is 41.8 Å². The van der Waals surface area contributed by atoms with Crippen molar-refractivity contribution in [1.82, 2.24) is 14.8 Å². The summed E-state index contributed by atoms with van der Waals surface area (Å²) in [5.74, 6) is -0.206. The number of nitrogens with zero attached hydrogens (tertiary/aromatic N) is 3. The first-order chi connectivity index (χ1) is 10.7. The lowest BCUT2D eigenvalue weighted by molar-refractivity contribution is 0.0342. The molecule has 0 spiro atoms. The third-order valence-corrected chi connectivity index (χ3v) is 4.14. The maximum atomic E-state index is 13.8. The van der Waals surface area contributed by atoms with Gasteiger partial charge in [-0.2, -0.15) is 0 Å². The molecule has 2 aromatic rings. The Morgan fingerprint density at radius 2 is 2.09 bits per heavy atom. The molecule has 0 saturated carbocycles. The van der Waals surface area contributed by atoms with E-state index in [-0.39, 0.29) is 5.82 Å². The van der Waals surface area contributed by atoms with Crippen molar-refractivity contribution in [1.29, 1.82) is 0 Å². The lowest BCUT2D eigenvalue weighted by atomic mass is 10.1. The normalized spacial score (nSPS) is 16.5. The Morgan fingerprint density at radius 3 is 2.91 bits per heavy atom. The molecule has 5 heteroatoms. The maximum Gasteiger partial charge on any atom is 0.132 e. The van der Waals surface area contributed by atoms with Crippen molar-refractivity contribution >= 4 is 10.9 Å². The SMILES string of the molecule is CN(CCN1CCOCC1)Cc1ccc(F)c2cccnc12. The summed E-state index contributed by atoms with van der Waals surface area (Å²) in [6, 6.07) is 6.94. The van der Waals surface area contributed by atoms with Gasteiger partial charge in [0.15, 0.2) is 0 Å². The second-order valence-corrected chi connectivity index (χ2v) is 5.80. The molecule has 0 N–H and O–H groups in total. The zero-order valence-electron chi connectivity index (χ0n) is 13.0. The third-order valence-electron chi connectivity index (χ3n) is 4.14. The summed E-state index contributed by atoms with van der Waals surface area (Å²) in [5.41, 5.74) is 1.84. The molecule has 0 amide bonds. The molecule has 3 rings (SSSR count). The minimum atomic E-state index is -0.206. The number of pyridine rings is 1. The van der Waals surface area contributed by atoms with Gasteiger partial charge in [0.1, 0.15) is 5.82 Å². The summed E-state index contributed by atoms with van der Waals surface area (Å²) in [6.45, 7) is 6.46. The summed E-state index contributed by atoms with van der Waals surface area (Å²) < 4.78 is 19.2. The van der Waals surface area contributed by atoms with Gasteiger partial charge in [0.25, 0.3) is 0 Å². The van der Waals surface area contributed by atoms with Crippen LogP contribution in [0.15, 0.2) is 30.5 Å². The number of halogens is 1. The predicted octanol–water partition coefficient (Wildman–Crippen LogP) is 2.14. The molecule has 1 aliphatic rings. The summed E-state index contributed by atoms with van der Waals surface area (Å²) in [5, 5.41) is 0.599. The van der Waals surface area contributed by atoms with Crippen LogP contribution in [-0.2, 0) is 11.3 Å². The van der Waals surface area contributed by atoms with E-state index in [2.05, 4.69) is 21.8 Å². The fraction of sp³-hybridized carbons (Fsp3) is 0.471. The molecule has 22 heavy (non-hydrogen) atoms. The summed E-state index contributed by atoms with van der Waals surface area (Å²) in [6.07, 6.45) is 1.72. The lowest BCUT2D eigenvalue weighted by Gasteiger charge is -2.28. The van der Waals surface area contributed by atoms with Crippen molar-refractivity contribution in [2.75, 3.05) is 46.4 Å². The Morgan fingerprint density at radius 1 is 1.27 bits per heavy atom. The van der Waals surface area contributed by atoms with Gasteiger partial charge in [-0.3, -0.25) is 9.88 Å². The van der Waals surface area contributed by atoms with E-state index in [4.69, 9.17) is 4.74 Å². The van der Waals surface area contributed by atoms with Crippen LogP contribution in [0.3, 0.4) is 0 Å². The van der Waals surface area contributed by atoms with Crippen LogP contribution < -0.4 is 0 Å². The maximum absolute atomic E-state index is 13.8. The fourth-order valence-corrected chi connectivity index (χ4v) is 2.83. The molecule has 0 radical (unpaired) electrons. The van der Waals surface area contributed by atoms with Gasteiger partial charge < -0.3 is 9.64 Å². The first-order valence-electron chi connectivity index (χ1n) is 7.75. The van der Waals surface area contributed by atoms with E-state index in [0.29, 0.717) is 5.39 Å². The summed E-state index contributed by atoms with van der Waals surface area (Å²) >= 11 is 0. The number of ether oxygens (including phenoxy) is 1. The van der Waals surface area contributed by atoms with E-state index in [1.807, 2.05) is 6.07 Å². The molecule has 0 atom stereocenters. The number of morpholine rings is 1. The van der Waals surface area contributed by atoms with Gasteiger partial charge >= 0.3 is 0 Å². The van der Waals surface area contributed by atoms with E-state index in [1.165, 1.54) is 6.07 Å². The number of hydrogen-bond acceptors (Lipinski definition) is 4. The number of likely N-dealkylation sites (N-methyl/N-ethyl adjacent to an activating group) is 1. The zero-order chi connectivity index (χ0) is 15.4. The number of hydrogen-bond donors (Lipinski definition) is 0. The molecule has 0 bridgehead atoms. The quantitative estimate of drug-likeness (QED) is 0.846. The molecule has 118 valence electrons. The Bertz CT molecular complexity index is 628. The number of aromatic nitrogens is 1. The second-order valence-electron chi connectivity index (χ2n) is 5.80. The minimum absolute atomic E-state index is 0.206. The number of rotatable bonds is 5. The van der Waals surface area contributed by atoms with E-state index in [9.17, 15) is 4.39 Å². The smallest absolute Gasteiger partial charge is 0.132 e. The van der Waals surface area contributed by atoms with E-state index >= 15 is 0 Å². The highest BCUT2D eigenvalue weighted by Gasteiger charge is 2.12. The van der Waals surface area contributed by atoms with Gasteiger partial charge in [-0.05, 0) is 30.8 Å². The molecule has 4 nitrogen and oxygen atoms in total. The van der Waals surface area contributed by atoms with Gasteiger partial charge in [0.05, 0.1) is 18.7 Å². The number of fused-ring (bicyclic) bond motifs is 1. The molecule has 0 unspecified atom stereocenters. The van der Waals surface area contributed by atoms with Crippen LogP contribution in [0.25, 0.3) is 10.9 Å². The topological polar surface area (TPSA) is 28.6 Å². The van der Waals surface area contributed by atoms with Crippen molar-refractivity contribution < 1.29 is 9.13 Å². The van der Waals surface area contributed by atoms with Crippen molar-refractivity contribution in [2.45, 2.75) is 6.54 Å². The first kappa shape index (κ1) is 15.3. The highest BCUT2D eigenvalue weighted by atomic mass is 19.1. The van der Waals surface area contributed by atoms with Crippen LogP contribution in [0, 0.1) is 5.82 Å². The summed E-state index contributed by atoms with van der Waals surface area (Å²) in [7, 11) is 2.10. The minimum Gasteiger partial charge on any atom is -0.379 e. The Balaban J connectivity index is 1.64. The average molecular weight is 303 g/mol. The van der Waals surface area contributed by atoms with Crippen molar-refractivity contribution in [3.63, 3.8) is 0 Å². The number of benzene rings is 1. The Hall–Kier alpha value is -1.56. The summed E-state index contributed by atoms with van der Waals surface area (Å²) in [4.78, 5) is 9.03. The largest absolute Gasteiger partial charge is 0.379 e. The van der Waals surface area contributed by atoms with Crippen LogP contribution in [0.1, 0.15) is 5.56 Å². The Labute approximate surface area is 130 Å². The average Bonchev–Trinajstić information content (AvgIpc) is 2.57. The predicted molar refractivity (Wildman–Crippen MR) is 85.3 cm³/mol. The molecule has 1 fully saturated rings. The Kier molecular flexibility index (Phi) is 4.97. The van der Waals surface area contributed by atoms with Gasteiger partial charge in [0, 0.05) is 44.3 Å². The van der Waals surface area contributed by atoms with E-state index in [0.717, 1.165) is 57.0 Å². The van der Waals surface area contributed by atoms with Gasteiger partial charge in [-0.15, -0.1) is 0 Å². The highest BCUT2D eigenvalue weighted by molar-refractivity contribution is 5.82. The van der Waals surface area contributed by atoms with Crippen LogP contribution >= 0.6 is 0 Å². The molecule has 1 aromatic carbocycles. The zero-order valence-corrected chi connectivity index (χ0v) is 13.0. The standard InChI is InChI=1S/C17H22FN3O/c1-20(7-8-21-9-11-22-12-10-21)13-14-4-5-16(18)15-3-2-6-19-17(14)15/h2-6H,7-13H2,1H3. The fourth-order valence-electron chi connectivity index (χ4n) is 2.83. The van der Waals surface area contributed by atoms with Gasteiger partial charge in [0.2, 0.25) is 0 Å². The van der Waals surface area contributed by atoms with Gasteiger partial charge in [-0.1, -0.05) is 6.07 Å². The molecular weight excluding hydrogens is 281 g/mol. The molecule has 1 aliphatic heterocycles. The molecule has 1 aromatic heterocycles. The molecule has 2 heterocycles. The molecule has 0 aliphatic carbocycles. The molecular formula is C17H22FN3O. The third kappa shape index (κ3) is 3.61. The van der Waals surface area contributed by atoms with Crippen LogP contribution in [0.2, 0.25) is 0 Å². The monoisotopic (exact) mass is 303 g/mol. The highest BCUT2D eigenvalue weighted by Crippen LogP contribution is 2.20.